The van der Waals surface area contributed by atoms with Crippen LogP contribution in [0, 0.1) is 18.3 Å². The van der Waals surface area contributed by atoms with E-state index in [1.807, 2.05) is 6.07 Å². The van der Waals surface area contributed by atoms with Crippen molar-refractivity contribution in [1.82, 2.24) is 9.78 Å². The van der Waals surface area contributed by atoms with Gasteiger partial charge in [0.05, 0.1) is 30.0 Å². The highest BCUT2D eigenvalue weighted by molar-refractivity contribution is 5.54. The number of furan rings is 1. The highest BCUT2D eigenvalue weighted by Crippen LogP contribution is 2.21. The van der Waals surface area contributed by atoms with E-state index in [4.69, 9.17) is 14.1 Å². The molecular formula is C15H11N3O3. The van der Waals surface area contributed by atoms with Gasteiger partial charge >= 0.3 is 5.76 Å². The summed E-state index contributed by atoms with van der Waals surface area (Å²) in [7, 11) is 0. The molecule has 0 unspecified atom stereocenters. The molecule has 0 aliphatic rings. The Morgan fingerprint density at radius 3 is 2.86 bits per heavy atom. The lowest BCUT2D eigenvalue weighted by Crippen LogP contribution is -2.17. The molecule has 6 nitrogen and oxygen atoms in total. The number of hydrogen-bond acceptors (Lipinski definition) is 5. The Kier molecular flexibility index (Phi) is 3.16. The zero-order chi connectivity index (χ0) is 14.8. The van der Waals surface area contributed by atoms with Gasteiger partial charge < -0.3 is 8.83 Å². The summed E-state index contributed by atoms with van der Waals surface area (Å²) in [5, 5.41) is 13.2. The lowest BCUT2D eigenvalue weighted by molar-refractivity contribution is 0.492. The summed E-state index contributed by atoms with van der Waals surface area (Å²) in [4.78, 5) is 11.9. The number of benzene rings is 1. The smallest absolute Gasteiger partial charge is 0.437 e. The van der Waals surface area contributed by atoms with E-state index in [1.165, 1.54) is 10.9 Å². The third kappa shape index (κ3) is 2.37. The van der Waals surface area contributed by atoms with E-state index in [0.717, 1.165) is 0 Å². The van der Waals surface area contributed by atoms with Crippen LogP contribution in [0.5, 0.6) is 0 Å². The molecule has 3 rings (SSSR count). The maximum atomic E-state index is 11.9. The van der Waals surface area contributed by atoms with Crippen LogP contribution >= 0.6 is 0 Å². The van der Waals surface area contributed by atoms with Gasteiger partial charge in [0.2, 0.25) is 0 Å². The van der Waals surface area contributed by atoms with Crippen LogP contribution in [0.1, 0.15) is 16.9 Å². The minimum atomic E-state index is -0.571. The van der Waals surface area contributed by atoms with E-state index in [2.05, 4.69) is 11.2 Å². The molecule has 1 aromatic carbocycles. The van der Waals surface area contributed by atoms with Crippen LogP contribution < -0.4 is 5.76 Å². The summed E-state index contributed by atoms with van der Waals surface area (Å²) in [6.45, 7) is 1.95. The minimum Gasteiger partial charge on any atom is -0.469 e. The van der Waals surface area contributed by atoms with Gasteiger partial charge in [-0.05, 0) is 24.6 Å². The number of nitriles is 1. The van der Waals surface area contributed by atoms with Crippen molar-refractivity contribution < 1.29 is 8.83 Å². The molecule has 0 aliphatic carbocycles. The second kappa shape index (κ2) is 5.13. The zero-order valence-corrected chi connectivity index (χ0v) is 11.2. The van der Waals surface area contributed by atoms with Gasteiger partial charge in [-0.3, -0.25) is 0 Å². The van der Waals surface area contributed by atoms with Crippen LogP contribution in [-0.2, 0) is 6.54 Å². The molecule has 0 fully saturated rings. The molecule has 0 bridgehead atoms. The van der Waals surface area contributed by atoms with Gasteiger partial charge in [-0.2, -0.15) is 9.94 Å². The first-order valence-electron chi connectivity index (χ1n) is 6.29. The molecule has 21 heavy (non-hydrogen) atoms. The van der Waals surface area contributed by atoms with Crippen LogP contribution in [0.3, 0.4) is 0 Å². The Balaban J connectivity index is 1.98. The molecule has 3 aromatic rings. The first-order valence-corrected chi connectivity index (χ1v) is 6.29. The number of aryl methyl sites for hydroxylation is 1. The van der Waals surface area contributed by atoms with Crippen molar-refractivity contribution >= 4 is 0 Å². The lowest BCUT2D eigenvalue weighted by atomic mass is 10.1. The minimum absolute atomic E-state index is 0.183. The molecule has 0 amide bonds. The van der Waals surface area contributed by atoms with Gasteiger partial charge in [0, 0.05) is 0 Å². The SMILES string of the molecule is Cc1occc1-c1nn(Cc2ccccc2C#N)c(=O)o1. The molecule has 0 N–H and O–H groups in total. The second-order valence-electron chi connectivity index (χ2n) is 4.49. The average Bonchev–Trinajstić information content (AvgIpc) is 3.06. The number of aromatic nitrogens is 2. The summed E-state index contributed by atoms with van der Waals surface area (Å²) in [6.07, 6.45) is 1.51. The average molecular weight is 281 g/mol. The molecular weight excluding hydrogens is 270 g/mol. The Morgan fingerprint density at radius 1 is 1.33 bits per heavy atom. The molecule has 2 heterocycles. The predicted octanol–water partition coefficient (Wildman–Crippen LogP) is 2.32. The Labute approximate surface area is 119 Å². The van der Waals surface area contributed by atoms with Crippen molar-refractivity contribution in [2.24, 2.45) is 0 Å². The summed E-state index contributed by atoms with van der Waals surface area (Å²) in [5.41, 5.74) is 1.86. The van der Waals surface area contributed by atoms with Gasteiger partial charge in [-0.1, -0.05) is 18.2 Å². The van der Waals surface area contributed by atoms with Crippen molar-refractivity contribution in [3.05, 3.63) is 64.0 Å². The van der Waals surface area contributed by atoms with Gasteiger partial charge in [0.1, 0.15) is 5.76 Å². The quantitative estimate of drug-likeness (QED) is 0.735. The lowest BCUT2D eigenvalue weighted by Gasteiger charge is -2.01. The molecule has 0 saturated carbocycles. The molecule has 0 aliphatic heterocycles. The molecule has 2 aromatic heterocycles. The summed E-state index contributed by atoms with van der Waals surface area (Å²) in [5.74, 6) is 0.264. The third-order valence-corrected chi connectivity index (χ3v) is 3.15. The van der Waals surface area contributed by atoms with Crippen LogP contribution in [0.2, 0.25) is 0 Å². The highest BCUT2D eigenvalue weighted by Gasteiger charge is 2.15. The van der Waals surface area contributed by atoms with Crippen LogP contribution in [0.25, 0.3) is 11.5 Å². The van der Waals surface area contributed by atoms with E-state index >= 15 is 0 Å². The Morgan fingerprint density at radius 2 is 2.14 bits per heavy atom. The summed E-state index contributed by atoms with van der Waals surface area (Å²) in [6, 6.07) is 10.8. The molecule has 6 heteroatoms. The molecule has 0 atom stereocenters. The van der Waals surface area contributed by atoms with Gasteiger partial charge in [-0.15, -0.1) is 5.10 Å². The normalized spacial score (nSPS) is 10.5. The summed E-state index contributed by atoms with van der Waals surface area (Å²) >= 11 is 0. The Bertz CT molecular complexity index is 880. The molecule has 0 saturated heterocycles. The van der Waals surface area contributed by atoms with E-state index in [1.54, 1.807) is 31.2 Å². The number of rotatable bonds is 3. The van der Waals surface area contributed by atoms with E-state index < -0.39 is 5.76 Å². The fourth-order valence-electron chi connectivity index (χ4n) is 2.05. The highest BCUT2D eigenvalue weighted by atomic mass is 16.4. The maximum absolute atomic E-state index is 11.9. The predicted molar refractivity (Wildman–Crippen MR) is 73.5 cm³/mol. The van der Waals surface area contributed by atoms with Crippen molar-refractivity contribution in [2.45, 2.75) is 13.5 Å². The van der Waals surface area contributed by atoms with Crippen molar-refractivity contribution in [2.75, 3.05) is 0 Å². The fraction of sp³-hybridized carbons (Fsp3) is 0.133. The molecule has 0 radical (unpaired) electrons. The van der Waals surface area contributed by atoms with Crippen molar-refractivity contribution in [3.63, 3.8) is 0 Å². The van der Waals surface area contributed by atoms with Crippen molar-refractivity contribution in [1.29, 1.82) is 5.26 Å². The van der Waals surface area contributed by atoms with Crippen molar-refractivity contribution in [3.8, 4) is 17.5 Å². The van der Waals surface area contributed by atoms with E-state index in [0.29, 0.717) is 22.5 Å². The topological polar surface area (TPSA) is 85.0 Å². The zero-order valence-electron chi connectivity index (χ0n) is 11.2. The largest absolute Gasteiger partial charge is 0.469 e. The monoisotopic (exact) mass is 281 g/mol. The first kappa shape index (κ1) is 12.9. The first-order chi connectivity index (χ1) is 10.2. The maximum Gasteiger partial charge on any atom is 0.437 e. The Hall–Kier alpha value is -3.07. The van der Waals surface area contributed by atoms with E-state index in [-0.39, 0.29) is 12.4 Å². The van der Waals surface area contributed by atoms with Crippen LogP contribution in [0.15, 0.2) is 50.2 Å². The third-order valence-electron chi connectivity index (χ3n) is 3.15. The molecule has 0 spiro atoms. The van der Waals surface area contributed by atoms with Gasteiger partial charge in [-0.25, -0.2) is 4.79 Å². The van der Waals surface area contributed by atoms with E-state index in [9.17, 15) is 4.79 Å². The van der Waals surface area contributed by atoms with Crippen LogP contribution in [0.4, 0.5) is 0 Å². The number of nitrogens with zero attached hydrogens (tertiary/aromatic N) is 3. The standard InChI is InChI=1S/C15H11N3O3/c1-10-13(6-7-20-10)14-17-18(15(19)21-14)9-12-5-3-2-4-11(12)8-16/h2-7H,9H2,1H3. The number of hydrogen-bond donors (Lipinski definition) is 0. The van der Waals surface area contributed by atoms with Gasteiger partial charge in [0.15, 0.2) is 0 Å². The molecule has 104 valence electrons. The second-order valence-corrected chi connectivity index (χ2v) is 4.49. The summed E-state index contributed by atoms with van der Waals surface area (Å²) < 4.78 is 11.5. The fourth-order valence-corrected chi connectivity index (χ4v) is 2.05. The van der Waals surface area contributed by atoms with Gasteiger partial charge in [0.25, 0.3) is 5.89 Å². The van der Waals surface area contributed by atoms with Crippen LogP contribution in [-0.4, -0.2) is 9.78 Å².